The van der Waals surface area contributed by atoms with Crippen LogP contribution in [0.4, 0.5) is 5.13 Å². The maximum absolute atomic E-state index is 12.5. The summed E-state index contributed by atoms with van der Waals surface area (Å²) in [4.78, 5) is 43.3. The molecule has 0 spiro atoms. The molecule has 1 aromatic carbocycles. The van der Waals surface area contributed by atoms with E-state index in [1.807, 2.05) is 0 Å². The van der Waals surface area contributed by atoms with Crippen LogP contribution in [0.15, 0.2) is 23.6 Å². The molecule has 1 fully saturated rings. The van der Waals surface area contributed by atoms with Crippen molar-refractivity contribution < 1.29 is 23.9 Å². The SMILES string of the molecule is COc1cc(OC)cc(C(=O)Nc2nc(C(=O)N3CCN(C=O)CC3)cs2)c1. The van der Waals surface area contributed by atoms with Crippen LogP contribution < -0.4 is 14.8 Å². The first kappa shape index (κ1) is 19.6. The van der Waals surface area contributed by atoms with Crippen molar-refractivity contribution in [3.8, 4) is 11.5 Å². The first-order chi connectivity index (χ1) is 13.5. The van der Waals surface area contributed by atoms with E-state index in [0.29, 0.717) is 48.4 Å². The van der Waals surface area contributed by atoms with Gasteiger partial charge in [-0.25, -0.2) is 4.98 Å². The first-order valence-electron chi connectivity index (χ1n) is 8.52. The molecule has 0 aliphatic carbocycles. The number of benzene rings is 1. The highest BCUT2D eigenvalue weighted by Gasteiger charge is 2.23. The van der Waals surface area contributed by atoms with Gasteiger partial charge in [-0.3, -0.25) is 19.7 Å². The quantitative estimate of drug-likeness (QED) is 0.729. The Morgan fingerprint density at radius 1 is 1.11 bits per heavy atom. The summed E-state index contributed by atoms with van der Waals surface area (Å²) in [6.07, 6.45) is 0.784. The van der Waals surface area contributed by atoms with Crippen molar-refractivity contribution in [2.75, 3.05) is 45.7 Å². The first-order valence-corrected chi connectivity index (χ1v) is 9.40. The van der Waals surface area contributed by atoms with Gasteiger partial charge in [-0.15, -0.1) is 11.3 Å². The zero-order valence-electron chi connectivity index (χ0n) is 15.5. The Kier molecular flexibility index (Phi) is 6.09. The Labute approximate surface area is 165 Å². The van der Waals surface area contributed by atoms with E-state index in [2.05, 4.69) is 10.3 Å². The molecule has 28 heavy (non-hydrogen) atoms. The Morgan fingerprint density at radius 3 is 2.32 bits per heavy atom. The number of methoxy groups -OCH3 is 2. The number of carbonyl (C=O) groups excluding carboxylic acids is 3. The predicted octanol–water partition coefficient (Wildman–Crippen LogP) is 1.33. The minimum absolute atomic E-state index is 0.217. The van der Waals surface area contributed by atoms with E-state index in [4.69, 9.17) is 9.47 Å². The van der Waals surface area contributed by atoms with Crippen molar-refractivity contribution in [1.82, 2.24) is 14.8 Å². The van der Waals surface area contributed by atoms with Crippen molar-refractivity contribution in [1.29, 1.82) is 0 Å². The van der Waals surface area contributed by atoms with Crippen molar-refractivity contribution in [3.63, 3.8) is 0 Å². The van der Waals surface area contributed by atoms with Crippen LogP contribution in [-0.4, -0.2) is 73.4 Å². The lowest BCUT2D eigenvalue weighted by Crippen LogP contribution is -2.48. The average Bonchev–Trinajstić information content (AvgIpc) is 3.21. The second-order valence-electron chi connectivity index (χ2n) is 6.03. The Hall–Kier alpha value is -3.14. The molecule has 1 aliphatic heterocycles. The number of aromatic nitrogens is 1. The van der Waals surface area contributed by atoms with Gasteiger partial charge in [0.1, 0.15) is 17.2 Å². The van der Waals surface area contributed by atoms with E-state index < -0.39 is 0 Å². The Balaban J connectivity index is 1.67. The summed E-state index contributed by atoms with van der Waals surface area (Å²) in [6, 6.07) is 4.84. The Morgan fingerprint density at radius 2 is 1.75 bits per heavy atom. The van der Waals surface area contributed by atoms with Crippen molar-refractivity contribution >= 4 is 34.7 Å². The number of hydrogen-bond donors (Lipinski definition) is 1. The molecule has 0 saturated carbocycles. The van der Waals surface area contributed by atoms with Crippen LogP contribution in [0, 0.1) is 0 Å². The molecule has 148 valence electrons. The highest BCUT2D eigenvalue weighted by Crippen LogP contribution is 2.24. The van der Waals surface area contributed by atoms with Crippen molar-refractivity contribution in [3.05, 3.63) is 34.8 Å². The summed E-state index contributed by atoms with van der Waals surface area (Å²) in [5, 5.41) is 4.62. The summed E-state index contributed by atoms with van der Waals surface area (Å²) in [5.41, 5.74) is 0.618. The van der Waals surface area contributed by atoms with Gasteiger partial charge in [0, 0.05) is 43.2 Å². The number of rotatable bonds is 6. The van der Waals surface area contributed by atoms with Gasteiger partial charge in [0.15, 0.2) is 5.13 Å². The molecule has 1 saturated heterocycles. The molecular formula is C18H20N4O5S. The van der Waals surface area contributed by atoms with E-state index >= 15 is 0 Å². The van der Waals surface area contributed by atoms with Gasteiger partial charge in [-0.2, -0.15) is 0 Å². The molecule has 1 N–H and O–H groups in total. The monoisotopic (exact) mass is 404 g/mol. The largest absolute Gasteiger partial charge is 0.497 e. The predicted molar refractivity (Wildman–Crippen MR) is 103 cm³/mol. The number of amides is 3. The fourth-order valence-electron chi connectivity index (χ4n) is 2.73. The van der Waals surface area contributed by atoms with Crippen LogP contribution in [-0.2, 0) is 4.79 Å². The average molecular weight is 404 g/mol. The number of anilines is 1. The number of ether oxygens (including phenoxy) is 2. The van der Waals surface area contributed by atoms with Gasteiger partial charge in [0.2, 0.25) is 6.41 Å². The van der Waals surface area contributed by atoms with Gasteiger partial charge >= 0.3 is 0 Å². The number of hydrogen-bond acceptors (Lipinski definition) is 7. The van der Waals surface area contributed by atoms with Crippen LogP contribution in [0.1, 0.15) is 20.8 Å². The zero-order valence-corrected chi connectivity index (χ0v) is 16.3. The minimum Gasteiger partial charge on any atom is -0.497 e. The van der Waals surface area contributed by atoms with E-state index in [1.54, 1.807) is 33.4 Å². The maximum atomic E-state index is 12.5. The van der Waals surface area contributed by atoms with Crippen LogP contribution in [0.5, 0.6) is 11.5 Å². The standard InChI is InChI=1S/C18H20N4O5S/c1-26-13-7-12(8-14(9-13)27-2)16(24)20-18-19-15(10-28-18)17(25)22-5-3-21(11-23)4-6-22/h7-11H,3-6H2,1-2H3,(H,19,20,24). The Bertz CT molecular complexity index is 854. The van der Waals surface area contributed by atoms with Crippen LogP contribution >= 0.6 is 11.3 Å². The summed E-state index contributed by atoms with van der Waals surface area (Å²) < 4.78 is 10.3. The molecule has 1 aliphatic rings. The fraction of sp³-hybridized carbons (Fsp3) is 0.333. The molecule has 0 atom stereocenters. The third kappa shape index (κ3) is 4.39. The number of carbonyl (C=O) groups is 3. The second-order valence-corrected chi connectivity index (χ2v) is 6.89. The van der Waals surface area contributed by atoms with E-state index in [1.165, 1.54) is 25.6 Å². The summed E-state index contributed by atoms with van der Waals surface area (Å²) in [5.74, 6) is 0.387. The summed E-state index contributed by atoms with van der Waals surface area (Å²) >= 11 is 1.17. The molecule has 9 nitrogen and oxygen atoms in total. The highest BCUT2D eigenvalue weighted by atomic mass is 32.1. The molecule has 10 heteroatoms. The van der Waals surface area contributed by atoms with Crippen molar-refractivity contribution in [2.45, 2.75) is 0 Å². The summed E-state index contributed by atoms with van der Waals surface area (Å²) in [7, 11) is 3.01. The molecule has 2 heterocycles. The third-order valence-electron chi connectivity index (χ3n) is 4.31. The number of piperazine rings is 1. The molecule has 0 bridgehead atoms. The topological polar surface area (TPSA) is 101 Å². The van der Waals surface area contributed by atoms with Crippen LogP contribution in [0.2, 0.25) is 0 Å². The molecule has 3 rings (SSSR count). The van der Waals surface area contributed by atoms with Gasteiger partial charge < -0.3 is 19.3 Å². The zero-order chi connectivity index (χ0) is 20.1. The van der Waals surface area contributed by atoms with Gasteiger partial charge in [-0.1, -0.05) is 0 Å². The van der Waals surface area contributed by atoms with Crippen LogP contribution in [0.25, 0.3) is 0 Å². The highest BCUT2D eigenvalue weighted by molar-refractivity contribution is 7.14. The van der Waals surface area contributed by atoms with E-state index in [9.17, 15) is 14.4 Å². The summed E-state index contributed by atoms with van der Waals surface area (Å²) in [6.45, 7) is 1.92. The van der Waals surface area contributed by atoms with Crippen LogP contribution in [0.3, 0.4) is 0 Å². The molecule has 2 aromatic rings. The maximum Gasteiger partial charge on any atom is 0.273 e. The molecule has 1 aromatic heterocycles. The minimum atomic E-state index is -0.384. The lowest BCUT2D eigenvalue weighted by Gasteiger charge is -2.32. The normalized spacial score (nSPS) is 13.8. The molecule has 3 amide bonds. The van der Waals surface area contributed by atoms with Crippen molar-refractivity contribution in [2.24, 2.45) is 0 Å². The fourth-order valence-corrected chi connectivity index (χ4v) is 3.41. The lowest BCUT2D eigenvalue weighted by molar-refractivity contribution is -0.119. The number of nitrogens with one attached hydrogen (secondary N) is 1. The van der Waals surface area contributed by atoms with Gasteiger partial charge in [0.25, 0.3) is 11.8 Å². The third-order valence-corrected chi connectivity index (χ3v) is 5.07. The molecule has 0 unspecified atom stereocenters. The van der Waals surface area contributed by atoms with E-state index in [0.717, 1.165) is 6.41 Å². The number of thiazole rings is 1. The van der Waals surface area contributed by atoms with Gasteiger partial charge in [0.05, 0.1) is 14.2 Å². The number of nitrogens with zero attached hydrogens (tertiary/aromatic N) is 3. The van der Waals surface area contributed by atoms with Gasteiger partial charge in [-0.05, 0) is 12.1 Å². The smallest absolute Gasteiger partial charge is 0.273 e. The second kappa shape index (κ2) is 8.70. The molecular weight excluding hydrogens is 384 g/mol. The van der Waals surface area contributed by atoms with E-state index in [-0.39, 0.29) is 17.5 Å². The lowest BCUT2D eigenvalue weighted by atomic mass is 10.2. The molecule has 0 radical (unpaired) electrons.